The lowest BCUT2D eigenvalue weighted by atomic mass is 10.2. The molecule has 0 aliphatic carbocycles. The van der Waals surface area contributed by atoms with Crippen LogP contribution in [-0.4, -0.2) is 21.4 Å². The van der Waals surface area contributed by atoms with Gasteiger partial charge in [-0.05, 0) is 35.9 Å². The average Bonchev–Trinajstić information content (AvgIpc) is 3.14. The first-order valence-electron chi connectivity index (χ1n) is 8.25. The molecule has 27 heavy (non-hydrogen) atoms. The maximum atomic E-state index is 12.5. The van der Waals surface area contributed by atoms with Crippen molar-refractivity contribution in [3.05, 3.63) is 83.8 Å². The molecule has 0 bridgehead atoms. The number of ether oxygens (including phenoxy) is 1. The molecule has 0 saturated heterocycles. The number of nitrogens with one attached hydrogen (secondary N) is 1. The summed E-state index contributed by atoms with van der Waals surface area (Å²) in [4.78, 5) is 12.6. The largest absolute Gasteiger partial charge is 0.497 e. The molecule has 0 atom stereocenters. The number of carbonyl (C=O) groups is 1. The maximum Gasteiger partial charge on any atom is 0.287 e. The summed E-state index contributed by atoms with van der Waals surface area (Å²) in [5.74, 6) is -0.0945. The number of methoxy groups -OCH3 is 1. The first-order valence-corrected chi connectivity index (χ1v) is 9.90. The first kappa shape index (κ1) is 18.7. The third-order valence-corrected chi connectivity index (χ3v) is 5.67. The molecule has 1 N–H and O–H groups in total. The Hall–Kier alpha value is -3.06. The minimum Gasteiger partial charge on any atom is -0.497 e. The molecule has 0 fully saturated rings. The van der Waals surface area contributed by atoms with Crippen LogP contribution in [0, 0.1) is 0 Å². The first-order chi connectivity index (χ1) is 13.0. The van der Waals surface area contributed by atoms with Crippen molar-refractivity contribution < 1.29 is 22.4 Å². The smallest absolute Gasteiger partial charge is 0.287 e. The van der Waals surface area contributed by atoms with Crippen molar-refractivity contribution in [1.29, 1.82) is 0 Å². The fraction of sp³-hybridized carbons (Fsp3) is 0.150. The zero-order valence-corrected chi connectivity index (χ0v) is 15.5. The molecule has 1 aromatic heterocycles. The second-order valence-corrected chi connectivity index (χ2v) is 7.87. The Labute approximate surface area is 157 Å². The summed E-state index contributed by atoms with van der Waals surface area (Å²) in [6.07, 6.45) is 1.32. The van der Waals surface area contributed by atoms with Crippen LogP contribution in [0.5, 0.6) is 5.75 Å². The van der Waals surface area contributed by atoms with Crippen LogP contribution in [0.25, 0.3) is 0 Å². The van der Waals surface area contributed by atoms with Crippen molar-refractivity contribution in [2.45, 2.75) is 17.2 Å². The highest BCUT2D eigenvalue weighted by Crippen LogP contribution is 2.20. The van der Waals surface area contributed by atoms with E-state index in [1.165, 1.54) is 24.5 Å². The van der Waals surface area contributed by atoms with Gasteiger partial charge in [0.05, 0.1) is 24.0 Å². The van der Waals surface area contributed by atoms with E-state index in [1.54, 1.807) is 25.3 Å². The van der Waals surface area contributed by atoms with Gasteiger partial charge in [0.1, 0.15) is 5.75 Å². The predicted molar refractivity (Wildman–Crippen MR) is 100 cm³/mol. The van der Waals surface area contributed by atoms with Crippen LogP contribution in [0.3, 0.4) is 0 Å². The summed E-state index contributed by atoms with van der Waals surface area (Å²) in [5.41, 5.74) is 1.18. The Morgan fingerprint density at radius 3 is 2.59 bits per heavy atom. The highest BCUT2D eigenvalue weighted by Gasteiger charge is 2.22. The zero-order chi connectivity index (χ0) is 19.3. The Bertz CT molecular complexity index is 1030. The Morgan fingerprint density at radius 2 is 1.85 bits per heavy atom. The SMILES string of the molecule is COc1cccc(CNC(=O)c2occc2CS(=O)(=O)c2ccccc2)c1. The van der Waals surface area contributed by atoms with Gasteiger partial charge in [0.15, 0.2) is 15.6 Å². The van der Waals surface area contributed by atoms with E-state index in [0.717, 1.165) is 5.56 Å². The fourth-order valence-electron chi connectivity index (χ4n) is 2.61. The van der Waals surface area contributed by atoms with Gasteiger partial charge in [-0.25, -0.2) is 8.42 Å². The molecule has 0 unspecified atom stereocenters. The Kier molecular flexibility index (Phi) is 5.61. The molecule has 1 amide bonds. The molecule has 140 valence electrons. The highest BCUT2D eigenvalue weighted by atomic mass is 32.2. The van der Waals surface area contributed by atoms with E-state index in [1.807, 2.05) is 24.3 Å². The number of sulfone groups is 1. The molecule has 0 radical (unpaired) electrons. The standard InChI is InChI=1S/C20H19NO5S/c1-25-17-7-5-6-15(12-17)13-21-20(22)19-16(10-11-26-19)14-27(23,24)18-8-3-2-4-9-18/h2-12H,13-14H2,1H3,(H,21,22). The number of amides is 1. The maximum absolute atomic E-state index is 12.5. The summed E-state index contributed by atoms with van der Waals surface area (Å²) in [6, 6.07) is 16.9. The Morgan fingerprint density at radius 1 is 1.07 bits per heavy atom. The van der Waals surface area contributed by atoms with Gasteiger partial charge in [-0.15, -0.1) is 0 Å². The van der Waals surface area contributed by atoms with Gasteiger partial charge < -0.3 is 14.5 Å². The topological polar surface area (TPSA) is 85.6 Å². The molecule has 0 aliphatic heterocycles. The van der Waals surface area contributed by atoms with E-state index in [-0.39, 0.29) is 23.0 Å². The monoisotopic (exact) mass is 385 g/mol. The van der Waals surface area contributed by atoms with Crippen LogP contribution >= 0.6 is 0 Å². The quantitative estimate of drug-likeness (QED) is 0.675. The molecular weight excluding hydrogens is 366 g/mol. The van der Waals surface area contributed by atoms with Crippen LogP contribution in [-0.2, 0) is 22.1 Å². The van der Waals surface area contributed by atoms with Crippen LogP contribution in [0.4, 0.5) is 0 Å². The van der Waals surface area contributed by atoms with Crippen LogP contribution < -0.4 is 10.1 Å². The summed E-state index contributed by atoms with van der Waals surface area (Å²) in [7, 11) is -2.00. The van der Waals surface area contributed by atoms with Gasteiger partial charge >= 0.3 is 0 Å². The van der Waals surface area contributed by atoms with Crippen molar-refractivity contribution >= 4 is 15.7 Å². The zero-order valence-electron chi connectivity index (χ0n) is 14.7. The van der Waals surface area contributed by atoms with Crippen molar-refractivity contribution in [3.8, 4) is 5.75 Å². The Balaban J connectivity index is 1.71. The summed E-state index contributed by atoms with van der Waals surface area (Å²) < 4.78 is 35.5. The van der Waals surface area contributed by atoms with Gasteiger partial charge in [-0.1, -0.05) is 30.3 Å². The molecule has 3 aromatic rings. The second-order valence-electron chi connectivity index (χ2n) is 5.88. The lowest BCUT2D eigenvalue weighted by Crippen LogP contribution is -2.23. The molecule has 1 heterocycles. The third-order valence-electron chi connectivity index (χ3n) is 3.99. The number of carbonyl (C=O) groups excluding carboxylic acids is 1. The van der Waals surface area contributed by atoms with E-state index in [9.17, 15) is 13.2 Å². The molecule has 6 nitrogen and oxygen atoms in total. The minimum absolute atomic E-state index is 0.00241. The number of hydrogen-bond donors (Lipinski definition) is 1. The van der Waals surface area contributed by atoms with Crippen molar-refractivity contribution in [2.24, 2.45) is 0 Å². The normalized spacial score (nSPS) is 11.1. The van der Waals surface area contributed by atoms with Gasteiger partial charge in [0.25, 0.3) is 5.91 Å². The molecular formula is C20H19NO5S. The fourth-order valence-corrected chi connectivity index (χ4v) is 3.98. The van der Waals surface area contributed by atoms with Crippen molar-refractivity contribution in [3.63, 3.8) is 0 Å². The van der Waals surface area contributed by atoms with Crippen LogP contribution in [0.2, 0.25) is 0 Å². The van der Waals surface area contributed by atoms with E-state index >= 15 is 0 Å². The number of benzene rings is 2. The molecule has 0 saturated carbocycles. The van der Waals surface area contributed by atoms with Gasteiger partial charge in [0.2, 0.25) is 0 Å². The van der Waals surface area contributed by atoms with Gasteiger partial charge in [-0.2, -0.15) is 0 Å². The van der Waals surface area contributed by atoms with Crippen LogP contribution in [0.15, 0.2) is 76.2 Å². The lowest BCUT2D eigenvalue weighted by molar-refractivity contribution is 0.0922. The third kappa shape index (κ3) is 4.57. The van der Waals surface area contributed by atoms with E-state index < -0.39 is 15.7 Å². The molecule has 0 spiro atoms. The molecule has 0 aliphatic rings. The molecule has 7 heteroatoms. The lowest BCUT2D eigenvalue weighted by Gasteiger charge is -2.08. The predicted octanol–water partition coefficient (Wildman–Crippen LogP) is 3.19. The second kappa shape index (κ2) is 8.09. The van der Waals surface area contributed by atoms with Gasteiger partial charge in [-0.3, -0.25) is 4.79 Å². The van der Waals surface area contributed by atoms with E-state index in [4.69, 9.17) is 9.15 Å². The number of furan rings is 1. The summed E-state index contributed by atoms with van der Waals surface area (Å²) in [5, 5.41) is 2.74. The number of rotatable bonds is 7. The summed E-state index contributed by atoms with van der Waals surface area (Å²) >= 11 is 0. The van der Waals surface area contributed by atoms with Crippen molar-refractivity contribution in [1.82, 2.24) is 5.32 Å². The van der Waals surface area contributed by atoms with Crippen LogP contribution in [0.1, 0.15) is 21.7 Å². The molecule has 3 rings (SSSR count). The van der Waals surface area contributed by atoms with E-state index in [0.29, 0.717) is 11.3 Å². The van der Waals surface area contributed by atoms with E-state index in [2.05, 4.69) is 5.32 Å². The van der Waals surface area contributed by atoms with Gasteiger partial charge in [0, 0.05) is 12.1 Å². The average molecular weight is 385 g/mol. The van der Waals surface area contributed by atoms with Crippen molar-refractivity contribution in [2.75, 3.05) is 7.11 Å². The minimum atomic E-state index is -3.57. The highest BCUT2D eigenvalue weighted by molar-refractivity contribution is 7.90. The summed E-state index contributed by atoms with van der Waals surface area (Å²) in [6.45, 7) is 0.265. The molecule has 2 aromatic carbocycles. The number of hydrogen-bond acceptors (Lipinski definition) is 5.